The highest BCUT2D eigenvalue weighted by atomic mass is 16.4. The Morgan fingerprint density at radius 2 is 1.83 bits per heavy atom. The summed E-state index contributed by atoms with van der Waals surface area (Å²) in [4.78, 5) is 0. The molecule has 1 aromatic carbocycles. The van der Waals surface area contributed by atoms with Crippen LogP contribution in [0.15, 0.2) is 40.6 Å². The van der Waals surface area contributed by atoms with Crippen LogP contribution in [0.25, 0.3) is 0 Å². The Morgan fingerprint density at radius 1 is 1.17 bits per heavy atom. The highest BCUT2D eigenvalue weighted by Gasteiger charge is 1.98. The fourth-order valence-corrected chi connectivity index (χ4v) is 0.822. The molecule has 4 heteroatoms. The molecule has 0 aromatic heterocycles. The van der Waals surface area contributed by atoms with Gasteiger partial charge in [0, 0.05) is 5.56 Å². The van der Waals surface area contributed by atoms with E-state index in [2.05, 4.69) is 10.3 Å². The summed E-state index contributed by atoms with van der Waals surface area (Å²) in [5.41, 5.74) is 0.913. The number of oxime groups is 2. The topological polar surface area (TPSA) is 65.2 Å². The predicted octanol–water partition coefficient (Wildman–Crippen LogP) is 1.32. The molecule has 0 aliphatic carbocycles. The standard InChI is InChI=1S/C8H8N2O2/c11-9-6-8(10-12)7-4-2-1-3-5-7/h1-6,11-12H/b9-6?,10-8+. The molecular weight excluding hydrogens is 156 g/mol. The van der Waals surface area contributed by atoms with Gasteiger partial charge in [0.1, 0.15) is 5.71 Å². The third-order valence-electron chi connectivity index (χ3n) is 1.36. The summed E-state index contributed by atoms with van der Waals surface area (Å²) in [5.74, 6) is 0. The first kappa shape index (κ1) is 8.26. The first-order chi connectivity index (χ1) is 5.88. The van der Waals surface area contributed by atoms with Gasteiger partial charge in [-0.25, -0.2) is 0 Å². The smallest absolute Gasteiger partial charge is 0.131 e. The average Bonchev–Trinajstić information content (AvgIpc) is 2.15. The Hall–Kier alpha value is -1.84. The van der Waals surface area contributed by atoms with Crippen molar-refractivity contribution in [1.82, 2.24) is 0 Å². The molecule has 0 saturated heterocycles. The maximum Gasteiger partial charge on any atom is 0.131 e. The fourth-order valence-electron chi connectivity index (χ4n) is 0.822. The van der Waals surface area contributed by atoms with Crippen molar-refractivity contribution in [2.24, 2.45) is 10.3 Å². The Kier molecular flexibility index (Phi) is 2.84. The zero-order valence-corrected chi connectivity index (χ0v) is 6.25. The van der Waals surface area contributed by atoms with Crippen LogP contribution in [0.3, 0.4) is 0 Å². The lowest BCUT2D eigenvalue weighted by atomic mass is 10.1. The molecule has 1 aromatic rings. The Labute approximate surface area is 69.4 Å². The number of benzene rings is 1. The predicted molar refractivity (Wildman–Crippen MR) is 45.0 cm³/mol. The normalized spacial score (nSPS) is 12.2. The molecule has 1 rings (SSSR count). The largest absolute Gasteiger partial charge is 0.411 e. The van der Waals surface area contributed by atoms with Crippen molar-refractivity contribution in [2.75, 3.05) is 0 Å². The second-order valence-corrected chi connectivity index (χ2v) is 2.10. The summed E-state index contributed by atoms with van der Waals surface area (Å²) in [5, 5.41) is 22.4. The van der Waals surface area contributed by atoms with E-state index in [-0.39, 0.29) is 5.71 Å². The van der Waals surface area contributed by atoms with Crippen LogP contribution in [0.4, 0.5) is 0 Å². The Morgan fingerprint density at radius 3 is 2.33 bits per heavy atom. The molecule has 62 valence electrons. The zero-order chi connectivity index (χ0) is 8.81. The number of nitrogens with zero attached hydrogens (tertiary/aromatic N) is 2. The first-order valence-electron chi connectivity index (χ1n) is 3.33. The van der Waals surface area contributed by atoms with Crippen molar-refractivity contribution in [2.45, 2.75) is 0 Å². The molecule has 0 aliphatic heterocycles. The van der Waals surface area contributed by atoms with Crippen LogP contribution in [0, 0.1) is 0 Å². The second-order valence-electron chi connectivity index (χ2n) is 2.10. The molecule has 0 fully saturated rings. The molecule has 0 radical (unpaired) electrons. The van der Waals surface area contributed by atoms with E-state index in [4.69, 9.17) is 10.4 Å². The van der Waals surface area contributed by atoms with Crippen LogP contribution in [-0.2, 0) is 0 Å². The van der Waals surface area contributed by atoms with Crippen LogP contribution in [0.2, 0.25) is 0 Å². The minimum absolute atomic E-state index is 0.220. The fraction of sp³-hybridized carbons (Fsp3) is 0. The average molecular weight is 164 g/mol. The molecular formula is C8H8N2O2. The lowest BCUT2D eigenvalue weighted by Crippen LogP contribution is -2.01. The third-order valence-corrected chi connectivity index (χ3v) is 1.36. The molecule has 0 bridgehead atoms. The summed E-state index contributed by atoms with van der Waals surface area (Å²) in [6.07, 6.45) is 1.06. The molecule has 0 saturated carbocycles. The van der Waals surface area contributed by atoms with Gasteiger partial charge in [-0.1, -0.05) is 40.6 Å². The lowest BCUT2D eigenvalue weighted by Gasteiger charge is -1.95. The molecule has 12 heavy (non-hydrogen) atoms. The van der Waals surface area contributed by atoms with Crippen LogP contribution in [-0.4, -0.2) is 22.3 Å². The van der Waals surface area contributed by atoms with Crippen LogP contribution in [0.5, 0.6) is 0 Å². The van der Waals surface area contributed by atoms with Crippen molar-refractivity contribution in [3.63, 3.8) is 0 Å². The quantitative estimate of drug-likeness (QED) is 0.393. The second kappa shape index (κ2) is 4.12. The zero-order valence-electron chi connectivity index (χ0n) is 6.25. The van der Waals surface area contributed by atoms with Crippen molar-refractivity contribution in [3.8, 4) is 0 Å². The molecule has 2 N–H and O–H groups in total. The summed E-state index contributed by atoms with van der Waals surface area (Å²) in [7, 11) is 0. The summed E-state index contributed by atoms with van der Waals surface area (Å²) in [6, 6.07) is 8.93. The van der Waals surface area contributed by atoms with Gasteiger partial charge in [-0.15, -0.1) is 0 Å². The minimum atomic E-state index is 0.220. The van der Waals surface area contributed by atoms with E-state index in [0.29, 0.717) is 5.56 Å². The molecule has 0 heterocycles. The van der Waals surface area contributed by atoms with E-state index in [0.717, 1.165) is 6.21 Å². The Bertz CT molecular complexity index is 293. The summed E-state index contributed by atoms with van der Waals surface area (Å²) >= 11 is 0. The van der Waals surface area contributed by atoms with Crippen molar-refractivity contribution in [1.29, 1.82) is 0 Å². The van der Waals surface area contributed by atoms with E-state index in [1.54, 1.807) is 24.3 Å². The van der Waals surface area contributed by atoms with E-state index in [1.165, 1.54) is 0 Å². The van der Waals surface area contributed by atoms with Crippen LogP contribution in [0.1, 0.15) is 5.56 Å². The molecule has 0 spiro atoms. The van der Waals surface area contributed by atoms with Gasteiger partial charge in [-0.2, -0.15) is 0 Å². The highest BCUT2D eigenvalue weighted by Crippen LogP contribution is 1.98. The summed E-state index contributed by atoms with van der Waals surface area (Å²) < 4.78 is 0. The van der Waals surface area contributed by atoms with Gasteiger partial charge in [0.25, 0.3) is 0 Å². The van der Waals surface area contributed by atoms with Crippen molar-refractivity contribution in [3.05, 3.63) is 35.9 Å². The van der Waals surface area contributed by atoms with Gasteiger partial charge < -0.3 is 10.4 Å². The third kappa shape index (κ3) is 1.82. The van der Waals surface area contributed by atoms with Gasteiger partial charge in [0.05, 0.1) is 6.21 Å². The van der Waals surface area contributed by atoms with Gasteiger partial charge in [0.15, 0.2) is 0 Å². The number of hydrogen-bond donors (Lipinski definition) is 2. The SMILES string of the molecule is ON=C/C(=N\O)c1ccccc1. The first-order valence-corrected chi connectivity index (χ1v) is 3.33. The molecule has 4 nitrogen and oxygen atoms in total. The van der Waals surface area contributed by atoms with Gasteiger partial charge >= 0.3 is 0 Å². The highest BCUT2D eigenvalue weighted by molar-refractivity contribution is 6.37. The number of hydrogen-bond acceptors (Lipinski definition) is 4. The lowest BCUT2D eigenvalue weighted by molar-refractivity contribution is 0.316. The van der Waals surface area contributed by atoms with Crippen LogP contribution >= 0.6 is 0 Å². The van der Waals surface area contributed by atoms with Gasteiger partial charge in [-0.3, -0.25) is 0 Å². The van der Waals surface area contributed by atoms with E-state index in [9.17, 15) is 0 Å². The van der Waals surface area contributed by atoms with Crippen molar-refractivity contribution < 1.29 is 10.4 Å². The maximum absolute atomic E-state index is 8.50. The van der Waals surface area contributed by atoms with Gasteiger partial charge in [0.2, 0.25) is 0 Å². The van der Waals surface area contributed by atoms with E-state index in [1.807, 2.05) is 6.07 Å². The maximum atomic E-state index is 8.50. The van der Waals surface area contributed by atoms with E-state index < -0.39 is 0 Å². The molecule has 0 unspecified atom stereocenters. The molecule has 0 aliphatic rings. The monoisotopic (exact) mass is 164 g/mol. The molecule has 0 amide bonds. The molecule has 0 atom stereocenters. The summed E-state index contributed by atoms with van der Waals surface area (Å²) in [6.45, 7) is 0. The van der Waals surface area contributed by atoms with Crippen LogP contribution < -0.4 is 0 Å². The number of rotatable bonds is 2. The Balaban J connectivity index is 2.97. The minimum Gasteiger partial charge on any atom is -0.411 e. The van der Waals surface area contributed by atoms with Gasteiger partial charge in [-0.05, 0) is 0 Å². The van der Waals surface area contributed by atoms with E-state index >= 15 is 0 Å². The van der Waals surface area contributed by atoms with Crippen molar-refractivity contribution >= 4 is 11.9 Å².